The number of benzene rings is 2. The fraction of sp³-hybridized carbons (Fsp3) is 0.0667. The molecule has 0 spiro atoms. The van der Waals surface area contributed by atoms with E-state index >= 15 is 0 Å². The molecule has 0 amide bonds. The molecular weight excluding hydrogens is 296 g/mol. The Morgan fingerprint density at radius 3 is 2.33 bits per heavy atom. The van der Waals surface area contributed by atoms with Crippen LogP contribution in [-0.4, -0.2) is 15.0 Å². The minimum Gasteiger partial charge on any atom is -0.207 e. The quantitative estimate of drug-likeness (QED) is 0.885. The van der Waals surface area contributed by atoms with E-state index in [1.807, 2.05) is 0 Å². The number of nitrogens with one attached hydrogen (secondary N) is 1. The lowest BCUT2D eigenvalue weighted by Gasteiger charge is -2.03. The molecule has 0 saturated heterocycles. The normalized spacial score (nSPS) is 10.8. The van der Waals surface area contributed by atoms with Crippen LogP contribution in [-0.2, 0) is 10.0 Å². The lowest BCUT2D eigenvalue weighted by atomic mass is 10.2. The Bertz CT molecular complexity index is 790. The monoisotopic (exact) mass is 307 g/mol. The molecule has 0 fully saturated rings. The lowest BCUT2D eigenvalue weighted by molar-refractivity contribution is 0.585. The molecule has 0 saturated carbocycles. The molecular formula is C15H11F2NO2S. The molecule has 108 valence electrons. The minimum atomic E-state index is -3.75. The Labute approximate surface area is 121 Å². The number of hydrogen-bond donors (Lipinski definition) is 1. The Kier molecular flexibility index (Phi) is 4.68. The third-order valence-electron chi connectivity index (χ3n) is 2.57. The summed E-state index contributed by atoms with van der Waals surface area (Å²) in [7, 11) is -3.75. The second kappa shape index (κ2) is 6.48. The first-order valence-corrected chi connectivity index (χ1v) is 7.46. The second-order valence-corrected chi connectivity index (χ2v) is 5.83. The van der Waals surface area contributed by atoms with Gasteiger partial charge in [0.05, 0.1) is 17.0 Å². The third-order valence-corrected chi connectivity index (χ3v) is 3.99. The molecule has 0 aliphatic rings. The van der Waals surface area contributed by atoms with Crippen LogP contribution in [0.15, 0.2) is 53.4 Å². The summed E-state index contributed by atoms with van der Waals surface area (Å²) < 4.78 is 51.9. The van der Waals surface area contributed by atoms with Crippen molar-refractivity contribution in [2.45, 2.75) is 4.90 Å². The van der Waals surface area contributed by atoms with E-state index in [1.54, 1.807) is 6.07 Å². The van der Waals surface area contributed by atoms with Crippen LogP contribution in [0.1, 0.15) is 5.56 Å². The summed E-state index contributed by atoms with van der Waals surface area (Å²) in [5.41, 5.74) is 0.193. The first-order valence-electron chi connectivity index (χ1n) is 5.98. The molecule has 21 heavy (non-hydrogen) atoms. The van der Waals surface area contributed by atoms with Gasteiger partial charge in [-0.25, -0.2) is 17.2 Å². The lowest BCUT2D eigenvalue weighted by Crippen LogP contribution is -2.24. The van der Waals surface area contributed by atoms with E-state index in [4.69, 9.17) is 0 Å². The van der Waals surface area contributed by atoms with Gasteiger partial charge in [0.25, 0.3) is 0 Å². The summed E-state index contributed by atoms with van der Waals surface area (Å²) in [5, 5.41) is 0. The van der Waals surface area contributed by atoms with E-state index in [2.05, 4.69) is 16.6 Å². The Morgan fingerprint density at radius 2 is 1.67 bits per heavy atom. The summed E-state index contributed by atoms with van der Waals surface area (Å²) in [6, 6.07) is 10.4. The van der Waals surface area contributed by atoms with Crippen LogP contribution in [0.25, 0.3) is 0 Å². The largest absolute Gasteiger partial charge is 0.241 e. The van der Waals surface area contributed by atoms with Crippen molar-refractivity contribution < 1.29 is 17.2 Å². The molecule has 2 rings (SSSR count). The number of hydrogen-bond acceptors (Lipinski definition) is 2. The van der Waals surface area contributed by atoms with Crippen LogP contribution < -0.4 is 4.72 Å². The van der Waals surface area contributed by atoms with E-state index < -0.39 is 21.7 Å². The maximum atomic E-state index is 13.3. The van der Waals surface area contributed by atoms with Crippen molar-refractivity contribution in [1.29, 1.82) is 0 Å². The molecule has 0 aliphatic heterocycles. The van der Waals surface area contributed by atoms with Gasteiger partial charge in [-0.15, -0.1) is 0 Å². The third kappa shape index (κ3) is 4.12. The van der Waals surface area contributed by atoms with E-state index in [-0.39, 0.29) is 17.0 Å². The molecule has 0 aliphatic carbocycles. The van der Waals surface area contributed by atoms with Gasteiger partial charge in [-0.05, 0) is 36.4 Å². The van der Waals surface area contributed by atoms with Crippen LogP contribution in [0.4, 0.5) is 8.78 Å². The zero-order valence-corrected chi connectivity index (χ0v) is 11.6. The van der Waals surface area contributed by atoms with E-state index in [9.17, 15) is 17.2 Å². The zero-order valence-electron chi connectivity index (χ0n) is 10.8. The molecule has 6 heteroatoms. The molecule has 0 heterocycles. The summed E-state index contributed by atoms with van der Waals surface area (Å²) in [6.45, 7) is -0.173. The maximum absolute atomic E-state index is 13.3. The van der Waals surface area contributed by atoms with Crippen molar-refractivity contribution in [3.05, 3.63) is 65.7 Å². The fourth-order valence-electron chi connectivity index (χ4n) is 1.53. The molecule has 0 bridgehead atoms. The average Bonchev–Trinajstić information content (AvgIpc) is 2.46. The Morgan fingerprint density at radius 1 is 1.00 bits per heavy atom. The first kappa shape index (κ1) is 15.2. The summed E-state index contributed by atoms with van der Waals surface area (Å²) in [5.74, 6) is 4.07. The molecule has 0 atom stereocenters. The van der Waals surface area contributed by atoms with E-state index in [1.165, 1.54) is 18.2 Å². The second-order valence-electron chi connectivity index (χ2n) is 4.06. The van der Waals surface area contributed by atoms with Gasteiger partial charge in [0.2, 0.25) is 10.0 Å². The van der Waals surface area contributed by atoms with Crippen LogP contribution in [0.2, 0.25) is 0 Å². The maximum Gasteiger partial charge on any atom is 0.241 e. The minimum absolute atomic E-state index is 0.0587. The summed E-state index contributed by atoms with van der Waals surface area (Å²) in [4.78, 5) is -0.0587. The van der Waals surface area contributed by atoms with Crippen molar-refractivity contribution in [2.75, 3.05) is 6.54 Å². The fourth-order valence-corrected chi connectivity index (χ4v) is 2.45. The van der Waals surface area contributed by atoms with Crippen molar-refractivity contribution in [1.82, 2.24) is 4.72 Å². The van der Waals surface area contributed by atoms with Crippen LogP contribution in [0.5, 0.6) is 0 Å². The summed E-state index contributed by atoms with van der Waals surface area (Å²) >= 11 is 0. The van der Waals surface area contributed by atoms with Gasteiger partial charge in [0.15, 0.2) is 0 Å². The molecule has 2 aromatic rings. The highest BCUT2D eigenvalue weighted by molar-refractivity contribution is 7.89. The van der Waals surface area contributed by atoms with Crippen LogP contribution in [0, 0.1) is 23.5 Å². The molecule has 2 aromatic carbocycles. The van der Waals surface area contributed by atoms with Crippen molar-refractivity contribution in [3.63, 3.8) is 0 Å². The molecule has 0 unspecified atom stereocenters. The molecule has 0 aromatic heterocycles. The average molecular weight is 307 g/mol. The first-order chi connectivity index (χ1) is 9.99. The van der Waals surface area contributed by atoms with Crippen molar-refractivity contribution >= 4 is 10.0 Å². The highest BCUT2D eigenvalue weighted by Crippen LogP contribution is 2.09. The SMILES string of the molecule is O=S(=O)(NCC#Cc1ccccc1F)c1ccc(F)cc1. The van der Waals surface area contributed by atoms with Gasteiger partial charge in [-0.2, -0.15) is 4.72 Å². The van der Waals surface area contributed by atoms with E-state index in [0.717, 1.165) is 24.3 Å². The highest BCUT2D eigenvalue weighted by atomic mass is 32.2. The van der Waals surface area contributed by atoms with Gasteiger partial charge in [0.1, 0.15) is 11.6 Å². The van der Waals surface area contributed by atoms with Gasteiger partial charge in [-0.3, -0.25) is 0 Å². The van der Waals surface area contributed by atoms with Gasteiger partial charge in [0, 0.05) is 0 Å². The number of sulfonamides is 1. The summed E-state index contributed by atoms with van der Waals surface area (Å²) in [6.07, 6.45) is 0. The number of halogens is 2. The smallest absolute Gasteiger partial charge is 0.207 e. The molecule has 3 nitrogen and oxygen atoms in total. The van der Waals surface area contributed by atoms with Crippen molar-refractivity contribution in [3.8, 4) is 11.8 Å². The van der Waals surface area contributed by atoms with Crippen LogP contribution in [0.3, 0.4) is 0 Å². The van der Waals surface area contributed by atoms with Crippen molar-refractivity contribution in [2.24, 2.45) is 0 Å². The Balaban J connectivity index is 2.04. The predicted molar refractivity (Wildman–Crippen MR) is 74.9 cm³/mol. The highest BCUT2D eigenvalue weighted by Gasteiger charge is 2.12. The standard InChI is InChI=1S/C15H11F2NO2S/c16-13-7-9-14(10-8-13)21(19,20)18-11-3-5-12-4-1-2-6-15(12)17/h1-2,4,6-10,18H,11H2. The zero-order chi connectivity index (χ0) is 15.3. The van der Waals surface area contributed by atoms with Gasteiger partial charge in [-0.1, -0.05) is 24.0 Å². The predicted octanol–water partition coefficient (Wildman–Crippen LogP) is 2.29. The molecule has 0 radical (unpaired) electrons. The topological polar surface area (TPSA) is 46.2 Å². The molecule has 1 N–H and O–H groups in total. The van der Waals surface area contributed by atoms with Gasteiger partial charge < -0.3 is 0 Å². The van der Waals surface area contributed by atoms with Gasteiger partial charge >= 0.3 is 0 Å². The van der Waals surface area contributed by atoms with Crippen LogP contribution >= 0.6 is 0 Å². The van der Waals surface area contributed by atoms with E-state index in [0.29, 0.717) is 0 Å². The Hall–Kier alpha value is -2.23. The number of rotatable bonds is 3.